The van der Waals surface area contributed by atoms with E-state index in [9.17, 15) is 14.7 Å². The van der Waals surface area contributed by atoms with Crippen LogP contribution in [0.25, 0.3) is 0 Å². The third-order valence-corrected chi connectivity index (χ3v) is 5.17. The van der Waals surface area contributed by atoms with Gasteiger partial charge in [0.15, 0.2) is 6.23 Å². The standard InChI is InChI=1S/C23H35NO5/c1-15-9-10-16(2)18(13-15)28-12-8-11-23(6,7)14-17-19(25)29-20(22(3,4)5)24(17)21(26)27/h9-10,13,17,20H,8,11-12,14H2,1-7H3,(H,26,27)/t17-,20+/m0/s1/i17D. The van der Waals surface area contributed by atoms with Crippen molar-refractivity contribution in [2.24, 2.45) is 10.8 Å². The Morgan fingerprint density at radius 3 is 2.52 bits per heavy atom. The number of carboxylic acid groups (broad SMARTS) is 1. The molecule has 1 amide bonds. The molecule has 1 aliphatic rings. The minimum atomic E-state index is -1.96. The number of carbonyl (C=O) groups excluding carboxylic acids is 1. The Morgan fingerprint density at radius 1 is 1.28 bits per heavy atom. The normalized spacial score (nSPS) is 23.0. The van der Waals surface area contributed by atoms with Crippen LogP contribution in [0.4, 0.5) is 4.79 Å². The van der Waals surface area contributed by atoms with E-state index < -0.39 is 35.1 Å². The number of benzene rings is 1. The number of nitrogens with zero attached hydrogens (tertiary/aromatic N) is 1. The van der Waals surface area contributed by atoms with E-state index in [4.69, 9.17) is 10.8 Å². The number of hydrogen-bond acceptors (Lipinski definition) is 4. The molecule has 0 aromatic heterocycles. The van der Waals surface area contributed by atoms with E-state index in [1.165, 1.54) is 0 Å². The summed E-state index contributed by atoms with van der Waals surface area (Å²) in [4.78, 5) is 25.4. The van der Waals surface area contributed by atoms with Gasteiger partial charge in [-0.25, -0.2) is 9.59 Å². The van der Waals surface area contributed by atoms with Gasteiger partial charge in [0.2, 0.25) is 0 Å². The predicted molar refractivity (Wildman–Crippen MR) is 112 cm³/mol. The second-order valence-electron chi connectivity index (χ2n) is 9.78. The first-order valence-electron chi connectivity index (χ1n) is 10.6. The van der Waals surface area contributed by atoms with Crippen molar-refractivity contribution in [3.05, 3.63) is 29.3 Å². The van der Waals surface area contributed by atoms with Crippen LogP contribution >= 0.6 is 0 Å². The van der Waals surface area contributed by atoms with Crippen LogP contribution in [0.3, 0.4) is 0 Å². The molecule has 1 N–H and O–H groups in total. The number of carbonyl (C=O) groups is 2. The largest absolute Gasteiger partial charge is 0.493 e. The molecule has 6 heteroatoms. The number of aryl methyl sites for hydroxylation is 2. The van der Waals surface area contributed by atoms with Gasteiger partial charge in [0.1, 0.15) is 11.8 Å². The Morgan fingerprint density at radius 2 is 1.93 bits per heavy atom. The van der Waals surface area contributed by atoms with E-state index in [1.807, 2.05) is 45.9 Å². The predicted octanol–water partition coefficient (Wildman–Crippen LogP) is 5.16. The molecule has 0 spiro atoms. The van der Waals surface area contributed by atoms with Crippen molar-refractivity contribution < 1.29 is 25.5 Å². The maximum absolute atomic E-state index is 12.6. The monoisotopic (exact) mass is 406 g/mol. The Balaban J connectivity index is 2.04. The van der Waals surface area contributed by atoms with Gasteiger partial charge in [-0.2, -0.15) is 0 Å². The van der Waals surface area contributed by atoms with E-state index in [1.54, 1.807) is 20.8 Å². The summed E-state index contributed by atoms with van der Waals surface area (Å²) in [7, 11) is 0. The SMILES string of the molecule is [2H][C@]1(CC(C)(C)CCCOc2cc(C)ccc2C)C(=O)O[C@H](C(C)(C)C)N1C(=O)O. The summed E-state index contributed by atoms with van der Waals surface area (Å²) in [5, 5.41) is 9.74. The topological polar surface area (TPSA) is 76.1 Å². The summed E-state index contributed by atoms with van der Waals surface area (Å²) in [5.74, 6) is 0.0544. The Labute approximate surface area is 175 Å². The number of hydrogen-bond donors (Lipinski definition) is 1. The van der Waals surface area contributed by atoms with E-state index in [0.29, 0.717) is 13.0 Å². The minimum absolute atomic E-state index is 0.0567. The Hall–Kier alpha value is -2.24. The smallest absolute Gasteiger partial charge is 0.410 e. The van der Waals surface area contributed by atoms with Crippen LogP contribution in [0, 0.1) is 24.7 Å². The maximum atomic E-state index is 12.6. The molecule has 1 heterocycles. The molecule has 0 aliphatic carbocycles. The van der Waals surface area contributed by atoms with Crippen LogP contribution in [-0.2, 0) is 9.53 Å². The zero-order valence-electron chi connectivity index (χ0n) is 19.7. The van der Waals surface area contributed by atoms with E-state index in [-0.39, 0.29) is 6.42 Å². The highest BCUT2D eigenvalue weighted by Gasteiger charge is 2.51. The number of rotatable bonds is 7. The van der Waals surface area contributed by atoms with Gasteiger partial charge in [0, 0.05) is 5.41 Å². The molecule has 29 heavy (non-hydrogen) atoms. The summed E-state index contributed by atoms with van der Waals surface area (Å²) >= 11 is 0. The molecular formula is C23H35NO5. The molecule has 162 valence electrons. The van der Waals surface area contributed by atoms with E-state index in [0.717, 1.165) is 28.2 Å². The van der Waals surface area contributed by atoms with Crippen LogP contribution in [0.2, 0.25) is 0 Å². The molecule has 0 radical (unpaired) electrons. The van der Waals surface area contributed by atoms with Crippen molar-refractivity contribution in [2.45, 2.75) is 80.0 Å². The molecular weight excluding hydrogens is 370 g/mol. The van der Waals surface area contributed by atoms with Crippen LogP contribution in [0.5, 0.6) is 5.75 Å². The molecule has 1 saturated heterocycles. The molecule has 1 aromatic rings. The average Bonchev–Trinajstić information content (AvgIpc) is 2.85. The van der Waals surface area contributed by atoms with Gasteiger partial charge in [-0.15, -0.1) is 0 Å². The van der Waals surface area contributed by atoms with Gasteiger partial charge in [0.25, 0.3) is 0 Å². The molecule has 1 aromatic carbocycles. The van der Waals surface area contributed by atoms with E-state index >= 15 is 0 Å². The van der Waals surface area contributed by atoms with Gasteiger partial charge in [0.05, 0.1) is 7.98 Å². The zero-order chi connectivity index (χ0) is 22.9. The molecule has 2 atom stereocenters. The molecule has 0 bridgehead atoms. The van der Waals surface area contributed by atoms with Crippen molar-refractivity contribution in [2.75, 3.05) is 6.61 Å². The fourth-order valence-corrected chi connectivity index (χ4v) is 3.54. The van der Waals surface area contributed by atoms with Crippen LogP contribution in [-0.4, -0.2) is 40.9 Å². The molecule has 2 rings (SSSR count). The summed E-state index contributed by atoms with van der Waals surface area (Å²) in [6, 6.07) is 4.11. The lowest BCUT2D eigenvalue weighted by molar-refractivity contribution is -0.147. The minimum Gasteiger partial charge on any atom is -0.493 e. The highest BCUT2D eigenvalue weighted by molar-refractivity contribution is 5.84. The van der Waals surface area contributed by atoms with Crippen molar-refractivity contribution >= 4 is 12.1 Å². The van der Waals surface area contributed by atoms with Crippen molar-refractivity contribution in [3.8, 4) is 5.75 Å². The van der Waals surface area contributed by atoms with Crippen LogP contribution in [0.15, 0.2) is 18.2 Å². The summed E-state index contributed by atoms with van der Waals surface area (Å²) in [6.07, 6.45) is -0.838. The highest BCUT2D eigenvalue weighted by Crippen LogP contribution is 2.38. The number of esters is 1. The number of ether oxygens (including phenoxy) is 2. The van der Waals surface area contributed by atoms with Crippen molar-refractivity contribution in [3.63, 3.8) is 0 Å². The van der Waals surface area contributed by atoms with Gasteiger partial charge >= 0.3 is 12.1 Å². The molecule has 6 nitrogen and oxygen atoms in total. The second kappa shape index (κ2) is 8.64. The van der Waals surface area contributed by atoms with Gasteiger partial charge < -0.3 is 14.6 Å². The lowest BCUT2D eigenvalue weighted by Crippen LogP contribution is -2.48. The first kappa shape index (κ1) is 21.5. The highest BCUT2D eigenvalue weighted by atomic mass is 16.6. The first-order valence-corrected chi connectivity index (χ1v) is 10.1. The number of amides is 1. The van der Waals surface area contributed by atoms with Crippen LogP contribution < -0.4 is 4.74 Å². The molecule has 0 unspecified atom stereocenters. The summed E-state index contributed by atoms with van der Waals surface area (Å²) < 4.78 is 20.0. The van der Waals surface area contributed by atoms with Crippen LogP contribution in [0.1, 0.15) is 66.4 Å². The molecule has 0 saturated carbocycles. The molecule has 1 aliphatic heterocycles. The first-order chi connectivity index (χ1) is 13.7. The third kappa shape index (κ3) is 5.87. The van der Waals surface area contributed by atoms with Crippen molar-refractivity contribution in [1.82, 2.24) is 4.90 Å². The lowest BCUT2D eigenvalue weighted by Gasteiger charge is -2.34. The van der Waals surface area contributed by atoms with Crippen molar-refractivity contribution in [1.29, 1.82) is 0 Å². The number of cyclic esters (lactones) is 1. The quantitative estimate of drug-likeness (QED) is 0.500. The Bertz CT molecular complexity index is 801. The average molecular weight is 407 g/mol. The maximum Gasteiger partial charge on any atom is 0.410 e. The molecule has 1 fully saturated rings. The van der Waals surface area contributed by atoms with Gasteiger partial charge in [-0.05, 0) is 55.7 Å². The zero-order valence-corrected chi connectivity index (χ0v) is 18.7. The van der Waals surface area contributed by atoms with E-state index in [2.05, 4.69) is 0 Å². The lowest BCUT2D eigenvalue weighted by atomic mass is 9.81. The van der Waals surface area contributed by atoms with Gasteiger partial charge in [-0.3, -0.25) is 4.90 Å². The Kier molecular flexibility index (Phi) is 6.39. The fourth-order valence-electron chi connectivity index (χ4n) is 3.54. The second-order valence-corrected chi connectivity index (χ2v) is 9.78. The fraction of sp³-hybridized carbons (Fsp3) is 0.652. The third-order valence-electron chi connectivity index (χ3n) is 5.17. The van der Waals surface area contributed by atoms with Gasteiger partial charge in [-0.1, -0.05) is 46.8 Å². The summed E-state index contributed by atoms with van der Waals surface area (Å²) in [5.41, 5.74) is 1.13. The summed E-state index contributed by atoms with van der Waals surface area (Å²) in [6.45, 7) is 13.8.